The molecule has 14 amide bonds. The average molecular weight is 1370 g/mol. The van der Waals surface area contributed by atoms with Crippen LogP contribution in [0.1, 0.15) is 139 Å². The van der Waals surface area contributed by atoms with Crippen molar-refractivity contribution in [2.24, 2.45) is 51.4 Å². The molecule has 0 spiro atoms. The standard InChI is InChI=1S/C61H100N18O18/c1-10-32(6)49(60(97)78-43(27-36-15-12-11-13-16-36)59(96)75-39(19-21-44(63)80)55(92)71-33(7)50(64)87)79-52(89)34(8)70-45(81)28-69-54(91)38(17-14-24-67-61(65)66)74-51(88)35(9)72-57(94)42(26-31(4)5)77-56(93)40(20-23-48(85)86)76-58(95)41(25-30(2)3)73-46(82)29-68-53(90)37(62)18-22-47(83)84/h11-13,15-16,30-35,37-43,49H,10,14,17-29,62H2,1-9H3,(H2,63,80)(H2,64,87)(H,68,90)(H,69,91)(H,70,81)(H,71,92)(H,72,94)(H,73,82)(H,74,88)(H,75,96)(H,76,95)(H,77,93)(H,78,97)(H,79,89)(H,83,84)(H,85,86)(H4,65,66,67)/t32-,33-,34-,35-,37-,38-,39-,40-,41-,42-,43-,49-/m0/s1. The summed E-state index contributed by atoms with van der Waals surface area (Å²) in [6, 6.07) is -6.66. The molecule has 0 bridgehead atoms. The van der Waals surface area contributed by atoms with Gasteiger partial charge in [-0.3, -0.25) is 81.7 Å². The third-order valence-corrected chi connectivity index (χ3v) is 14.7. The third-order valence-electron chi connectivity index (χ3n) is 14.7. The van der Waals surface area contributed by atoms with Crippen molar-refractivity contribution in [1.29, 1.82) is 0 Å². The zero-order valence-electron chi connectivity index (χ0n) is 56.3. The minimum atomic E-state index is -1.60. The van der Waals surface area contributed by atoms with Crippen molar-refractivity contribution < 1.29 is 86.9 Å². The lowest BCUT2D eigenvalue weighted by Gasteiger charge is -2.28. The topological polar surface area (TPSA) is 600 Å². The van der Waals surface area contributed by atoms with E-state index >= 15 is 0 Å². The first-order chi connectivity index (χ1) is 45.3. The van der Waals surface area contributed by atoms with E-state index in [-0.39, 0.29) is 75.7 Å². The van der Waals surface area contributed by atoms with Gasteiger partial charge in [-0.1, -0.05) is 78.3 Å². The van der Waals surface area contributed by atoms with Crippen molar-refractivity contribution in [1.82, 2.24) is 63.8 Å². The number of carbonyl (C=O) groups is 16. The van der Waals surface area contributed by atoms with Crippen molar-refractivity contribution in [3.05, 3.63) is 35.9 Å². The van der Waals surface area contributed by atoms with Gasteiger partial charge in [0.25, 0.3) is 0 Å². The summed E-state index contributed by atoms with van der Waals surface area (Å²) in [4.78, 5) is 213. The molecule has 1 aromatic carbocycles. The highest BCUT2D eigenvalue weighted by molar-refractivity contribution is 5.99. The predicted octanol–water partition coefficient (Wildman–Crippen LogP) is -5.63. The molecule has 542 valence electrons. The van der Waals surface area contributed by atoms with Crippen LogP contribution in [0.5, 0.6) is 0 Å². The first kappa shape index (κ1) is 85.0. The number of nitrogens with zero attached hydrogens (tertiary/aromatic N) is 1. The van der Waals surface area contributed by atoms with Crippen LogP contribution in [0.4, 0.5) is 0 Å². The summed E-state index contributed by atoms with van der Waals surface area (Å²) in [5, 5.41) is 48.0. The molecule has 12 atom stereocenters. The van der Waals surface area contributed by atoms with Gasteiger partial charge in [0.05, 0.1) is 19.1 Å². The summed E-state index contributed by atoms with van der Waals surface area (Å²) in [5.41, 5.74) is 27.9. The molecule has 0 fully saturated rings. The van der Waals surface area contributed by atoms with Gasteiger partial charge in [0.1, 0.15) is 60.4 Å². The van der Waals surface area contributed by atoms with Crippen LogP contribution < -0.4 is 92.5 Å². The Balaban J connectivity index is 3.30. The Kier molecular flexibility index (Phi) is 38.4. The predicted molar refractivity (Wildman–Crippen MR) is 350 cm³/mol. The van der Waals surface area contributed by atoms with Crippen LogP contribution in [0.25, 0.3) is 0 Å². The molecule has 36 heteroatoms. The first-order valence-corrected chi connectivity index (χ1v) is 31.8. The second-order valence-electron chi connectivity index (χ2n) is 24.3. The number of primary amides is 2. The van der Waals surface area contributed by atoms with Gasteiger partial charge < -0.3 is 103 Å². The number of carbonyl (C=O) groups excluding carboxylic acids is 14. The van der Waals surface area contributed by atoms with Crippen LogP contribution >= 0.6 is 0 Å². The van der Waals surface area contributed by atoms with Crippen molar-refractivity contribution in [3.63, 3.8) is 0 Å². The number of hydrogen-bond acceptors (Lipinski definition) is 18. The Morgan fingerprint density at radius 3 is 1.39 bits per heavy atom. The second kappa shape index (κ2) is 43.9. The Hall–Kier alpha value is -10.0. The lowest BCUT2D eigenvalue weighted by Crippen LogP contribution is -2.60. The van der Waals surface area contributed by atoms with E-state index in [0.717, 1.165) is 0 Å². The summed E-state index contributed by atoms with van der Waals surface area (Å²) < 4.78 is 0. The molecule has 0 saturated heterocycles. The fourth-order valence-electron chi connectivity index (χ4n) is 9.05. The Bertz CT molecular complexity index is 2930. The fourth-order valence-corrected chi connectivity index (χ4v) is 9.05. The van der Waals surface area contributed by atoms with E-state index in [2.05, 4.69) is 68.8 Å². The normalized spacial score (nSPS) is 14.7. The van der Waals surface area contributed by atoms with E-state index in [4.69, 9.17) is 33.8 Å². The Labute approximate surface area is 562 Å². The highest BCUT2D eigenvalue weighted by atomic mass is 16.4. The van der Waals surface area contributed by atoms with Crippen LogP contribution in [0, 0.1) is 17.8 Å². The number of carboxylic acids is 2. The van der Waals surface area contributed by atoms with E-state index in [1.54, 1.807) is 71.9 Å². The molecule has 0 heterocycles. The zero-order valence-corrected chi connectivity index (χ0v) is 56.3. The van der Waals surface area contributed by atoms with Gasteiger partial charge >= 0.3 is 11.9 Å². The van der Waals surface area contributed by atoms with Gasteiger partial charge in [-0.15, -0.1) is 0 Å². The molecule has 0 radical (unpaired) electrons. The number of benzene rings is 1. The van der Waals surface area contributed by atoms with E-state index < -0.39 is 199 Å². The number of rotatable bonds is 46. The van der Waals surface area contributed by atoms with E-state index in [9.17, 15) is 81.8 Å². The molecule has 0 unspecified atom stereocenters. The van der Waals surface area contributed by atoms with Crippen LogP contribution in [-0.2, 0) is 83.1 Å². The Morgan fingerprint density at radius 2 is 0.866 bits per heavy atom. The number of aliphatic carboxylic acids is 2. The number of nitrogens with one attached hydrogen (secondary N) is 12. The van der Waals surface area contributed by atoms with Gasteiger partial charge in [0.2, 0.25) is 82.7 Å². The molecule has 0 aliphatic carbocycles. The second-order valence-corrected chi connectivity index (χ2v) is 24.3. The highest BCUT2D eigenvalue weighted by Crippen LogP contribution is 2.14. The molecule has 0 aliphatic rings. The van der Waals surface area contributed by atoms with Crippen LogP contribution in [0.15, 0.2) is 35.3 Å². The number of amides is 14. The third kappa shape index (κ3) is 34.8. The molecule has 0 aromatic heterocycles. The minimum Gasteiger partial charge on any atom is -0.481 e. The summed E-state index contributed by atoms with van der Waals surface area (Å²) in [6.45, 7) is 12.6. The maximum absolute atomic E-state index is 14.2. The van der Waals surface area contributed by atoms with Gasteiger partial charge in [-0.25, -0.2) is 0 Å². The molecule has 97 heavy (non-hydrogen) atoms. The average Bonchev–Trinajstić information content (AvgIpc) is 0.873. The largest absolute Gasteiger partial charge is 0.481 e. The minimum absolute atomic E-state index is 0.000192. The fraction of sp³-hybridized carbons (Fsp3) is 0.623. The molecule has 0 saturated carbocycles. The maximum atomic E-state index is 14.2. The maximum Gasteiger partial charge on any atom is 0.303 e. The van der Waals surface area contributed by atoms with E-state index in [1.165, 1.54) is 20.8 Å². The lowest BCUT2D eigenvalue weighted by atomic mass is 9.96. The highest BCUT2D eigenvalue weighted by Gasteiger charge is 2.36. The molecule has 1 aromatic rings. The Morgan fingerprint density at radius 1 is 0.443 bits per heavy atom. The molecule has 24 N–H and O–H groups in total. The van der Waals surface area contributed by atoms with Crippen molar-refractivity contribution in [3.8, 4) is 0 Å². The number of guanidine groups is 1. The van der Waals surface area contributed by atoms with Crippen LogP contribution in [0.3, 0.4) is 0 Å². The van der Waals surface area contributed by atoms with Crippen LogP contribution in [-0.4, -0.2) is 197 Å². The summed E-state index contributed by atoms with van der Waals surface area (Å²) in [6.07, 6.45) is -2.30. The summed E-state index contributed by atoms with van der Waals surface area (Å²) in [5.74, 6) is -16.4. The SMILES string of the molecule is CC[C@H](C)[C@H](NC(=O)[C@H](C)NC(=O)CNC(=O)[C@H](CCCN=C(N)N)NC(=O)[C@H](C)NC(=O)[C@H](CC(C)C)NC(=O)[C@H](CCC(=O)O)NC(=O)[C@H](CC(C)C)NC(=O)CNC(=O)[C@@H](N)CCC(=O)O)C(=O)N[C@@H](Cc1ccccc1)C(=O)N[C@@H](CCC(N)=O)C(=O)N[C@@H](C)C(N)=O. The van der Waals surface area contributed by atoms with Gasteiger partial charge in [0, 0.05) is 32.2 Å². The van der Waals surface area contributed by atoms with Gasteiger partial charge in [-0.05, 0) is 89.0 Å². The monoisotopic (exact) mass is 1370 g/mol. The molecular weight excluding hydrogens is 1270 g/mol. The van der Waals surface area contributed by atoms with Gasteiger partial charge in [-0.2, -0.15) is 0 Å². The molecular formula is C61H100N18O18. The molecule has 1 rings (SSSR count). The number of carboxylic acid groups (broad SMARTS) is 2. The van der Waals surface area contributed by atoms with E-state index in [0.29, 0.717) is 12.0 Å². The summed E-state index contributed by atoms with van der Waals surface area (Å²) >= 11 is 0. The quantitative estimate of drug-likeness (QED) is 0.0164. The summed E-state index contributed by atoms with van der Waals surface area (Å²) in [7, 11) is 0. The number of nitrogens with two attached hydrogens (primary N) is 5. The van der Waals surface area contributed by atoms with Crippen molar-refractivity contribution in [2.45, 2.75) is 206 Å². The first-order valence-electron chi connectivity index (χ1n) is 31.8. The molecule has 0 aliphatic heterocycles. The number of aliphatic imine (C=N–C) groups is 1. The van der Waals surface area contributed by atoms with Gasteiger partial charge in [0.15, 0.2) is 5.96 Å². The smallest absolute Gasteiger partial charge is 0.303 e. The number of hydrogen-bond donors (Lipinski definition) is 19. The zero-order chi connectivity index (χ0) is 73.8. The van der Waals surface area contributed by atoms with E-state index in [1.807, 2.05) is 0 Å². The van der Waals surface area contributed by atoms with Crippen molar-refractivity contribution in [2.75, 3.05) is 19.6 Å². The molecule has 36 nitrogen and oxygen atoms in total. The van der Waals surface area contributed by atoms with Crippen LogP contribution in [0.2, 0.25) is 0 Å². The van der Waals surface area contributed by atoms with Crippen molar-refractivity contribution >= 4 is 101 Å². The lowest BCUT2D eigenvalue weighted by molar-refractivity contribution is -0.139.